The van der Waals surface area contributed by atoms with Crippen LogP contribution in [-0.2, 0) is 9.53 Å². The molecular weight excluding hydrogens is 490 g/mol. The molecule has 0 bridgehead atoms. The van der Waals surface area contributed by atoms with Crippen molar-refractivity contribution in [3.63, 3.8) is 0 Å². The molecule has 3 aromatic carbocycles. The lowest BCUT2D eigenvalue weighted by molar-refractivity contribution is -0.120. The molecule has 2 aliphatic heterocycles. The lowest BCUT2D eigenvalue weighted by atomic mass is 9.78. The van der Waals surface area contributed by atoms with Crippen molar-refractivity contribution in [1.29, 1.82) is 0 Å². The number of carbonyl (C=O) groups excluding carboxylic acids is 2. The molecule has 39 heavy (non-hydrogen) atoms. The van der Waals surface area contributed by atoms with Crippen LogP contribution in [0.25, 0.3) is 0 Å². The third-order valence-electron chi connectivity index (χ3n) is 7.79. The molecule has 1 fully saturated rings. The first-order valence-corrected chi connectivity index (χ1v) is 13.8. The van der Waals surface area contributed by atoms with Gasteiger partial charge in [-0.05, 0) is 67.3 Å². The summed E-state index contributed by atoms with van der Waals surface area (Å²) in [5.41, 5.74) is 3.31. The Hall–Kier alpha value is -3.68. The second-order valence-electron chi connectivity index (χ2n) is 10.4. The van der Waals surface area contributed by atoms with Crippen molar-refractivity contribution < 1.29 is 19.1 Å². The number of nitrogens with one attached hydrogen (secondary N) is 1. The van der Waals surface area contributed by atoms with Crippen LogP contribution in [0.5, 0.6) is 5.75 Å². The number of amides is 2. The number of hydrogen-bond donors (Lipinski definition) is 1. The molecule has 2 amide bonds. The number of carbonyl (C=O) groups is 2. The van der Waals surface area contributed by atoms with E-state index in [4.69, 9.17) is 9.47 Å². The number of nitrogens with zero attached hydrogens (tertiary/aromatic N) is 2. The van der Waals surface area contributed by atoms with Crippen molar-refractivity contribution in [2.24, 2.45) is 5.92 Å². The van der Waals surface area contributed by atoms with Gasteiger partial charge in [0.1, 0.15) is 12.4 Å². The number of morpholine rings is 1. The summed E-state index contributed by atoms with van der Waals surface area (Å²) in [5.74, 6) is 0.447. The highest BCUT2D eigenvalue weighted by molar-refractivity contribution is 6.07. The second-order valence-corrected chi connectivity index (χ2v) is 10.4. The minimum atomic E-state index is -0.250. The van der Waals surface area contributed by atoms with Crippen molar-refractivity contribution in [2.45, 2.75) is 32.2 Å². The van der Waals surface area contributed by atoms with E-state index < -0.39 is 0 Å². The van der Waals surface area contributed by atoms with Crippen molar-refractivity contribution in [2.75, 3.05) is 49.7 Å². The van der Waals surface area contributed by atoms with E-state index in [0.717, 1.165) is 55.5 Å². The average Bonchev–Trinajstić information content (AvgIpc) is 2.97. The van der Waals surface area contributed by atoms with Gasteiger partial charge in [-0.3, -0.25) is 14.5 Å². The highest BCUT2D eigenvalue weighted by Crippen LogP contribution is 2.43. The van der Waals surface area contributed by atoms with Crippen molar-refractivity contribution in [1.82, 2.24) is 4.90 Å². The maximum absolute atomic E-state index is 13.7. The zero-order valence-electron chi connectivity index (χ0n) is 22.7. The molecule has 3 aromatic rings. The third-order valence-corrected chi connectivity index (χ3v) is 7.79. The molecule has 0 aromatic heterocycles. The van der Waals surface area contributed by atoms with Crippen LogP contribution >= 0.6 is 0 Å². The van der Waals surface area contributed by atoms with Gasteiger partial charge in [-0.25, -0.2) is 0 Å². The number of ether oxygens (including phenoxy) is 2. The van der Waals surface area contributed by atoms with Gasteiger partial charge >= 0.3 is 0 Å². The second kappa shape index (κ2) is 12.5. The van der Waals surface area contributed by atoms with Crippen molar-refractivity contribution in [3.05, 3.63) is 90.0 Å². The Kier molecular flexibility index (Phi) is 8.59. The summed E-state index contributed by atoms with van der Waals surface area (Å²) in [5, 5.41) is 3.04. The van der Waals surface area contributed by atoms with Crippen LogP contribution in [0, 0.1) is 5.92 Å². The normalized spacial score (nSPS) is 20.1. The van der Waals surface area contributed by atoms with E-state index in [-0.39, 0.29) is 29.7 Å². The molecule has 0 saturated carbocycles. The molecule has 2 aliphatic rings. The van der Waals surface area contributed by atoms with Gasteiger partial charge in [0.15, 0.2) is 0 Å². The van der Waals surface area contributed by atoms with Gasteiger partial charge in [0.25, 0.3) is 5.91 Å². The molecule has 0 spiro atoms. The van der Waals surface area contributed by atoms with Gasteiger partial charge in [0.2, 0.25) is 5.91 Å². The number of anilines is 2. The molecule has 204 valence electrons. The van der Waals surface area contributed by atoms with Crippen LogP contribution in [0.2, 0.25) is 0 Å². The average molecular weight is 528 g/mol. The van der Waals surface area contributed by atoms with Gasteiger partial charge in [-0.15, -0.1) is 0 Å². The lowest BCUT2D eigenvalue weighted by Crippen LogP contribution is -2.45. The van der Waals surface area contributed by atoms with E-state index >= 15 is 0 Å². The summed E-state index contributed by atoms with van der Waals surface area (Å²) < 4.78 is 11.3. The Morgan fingerprint density at radius 1 is 0.974 bits per heavy atom. The van der Waals surface area contributed by atoms with E-state index in [0.29, 0.717) is 18.6 Å². The zero-order chi connectivity index (χ0) is 27.2. The first-order valence-electron chi connectivity index (χ1n) is 13.8. The minimum Gasteiger partial charge on any atom is -0.492 e. The molecule has 7 nitrogen and oxygen atoms in total. The number of rotatable bonds is 8. The van der Waals surface area contributed by atoms with Gasteiger partial charge in [0, 0.05) is 48.5 Å². The van der Waals surface area contributed by atoms with E-state index in [1.165, 1.54) is 0 Å². The Bertz CT molecular complexity index is 1260. The molecule has 1 N–H and O–H groups in total. The smallest absolute Gasteiger partial charge is 0.258 e. The molecule has 3 unspecified atom stereocenters. The summed E-state index contributed by atoms with van der Waals surface area (Å²) >= 11 is 0. The van der Waals surface area contributed by atoms with E-state index in [1.54, 1.807) is 0 Å². The fourth-order valence-electron chi connectivity index (χ4n) is 5.55. The molecule has 7 heteroatoms. The van der Waals surface area contributed by atoms with Crippen LogP contribution in [0.3, 0.4) is 0 Å². The van der Waals surface area contributed by atoms with Crippen LogP contribution in [-0.4, -0.2) is 62.2 Å². The van der Waals surface area contributed by atoms with Crippen LogP contribution < -0.4 is 15.0 Å². The maximum Gasteiger partial charge on any atom is 0.258 e. The third kappa shape index (κ3) is 6.32. The first kappa shape index (κ1) is 26.9. The Morgan fingerprint density at radius 2 is 1.67 bits per heavy atom. The number of benzene rings is 3. The largest absolute Gasteiger partial charge is 0.492 e. The fraction of sp³-hybridized carbons (Fsp3) is 0.375. The quantitative estimate of drug-likeness (QED) is 0.436. The zero-order valence-corrected chi connectivity index (χ0v) is 22.7. The highest BCUT2D eigenvalue weighted by atomic mass is 16.5. The van der Waals surface area contributed by atoms with E-state index in [2.05, 4.69) is 17.1 Å². The number of fused-ring (bicyclic) bond motifs is 1. The SMILES string of the molecule is CC(C(=O)Nc1ccccc1)C1CC(C)N(C(=O)c2ccc(OCCN3CCOCC3)cc2)c2ccccc21. The Morgan fingerprint density at radius 3 is 2.41 bits per heavy atom. The van der Waals surface area contributed by atoms with Crippen LogP contribution in [0.1, 0.15) is 42.1 Å². The Labute approximate surface area is 230 Å². The van der Waals surface area contributed by atoms with Gasteiger partial charge in [-0.1, -0.05) is 43.3 Å². The molecule has 0 aliphatic carbocycles. The summed E-state index contributed by atoms with van der Waals surface area (Å²) in [7, 11) is 0. The molecule has 2 heterocycles. The molecule has 3 atom stereocenters. The predicted octanol–water partition coefficient (Wildman–Crippen LogP) is 5.20. The number of para-hydroxylation sites is 2. The van der Waals surface area contributed by atoms with E-state index in [9.17, 15) is 9.59 Å². The topological polar surface area (TPSA) is 71.1 Å². The molecule has 5 rings (SSSR count). The highest BCUT2D eigenvalue weighted by Gasteiger charge is 2.38. The molecule has 1 saturated heterocycles. The van der Waals surface area contributed by atoms with Gasteiger partial charge in [0.05, 0.1) is 13.2 Å². The monoisotopic (exact) mass is 527 g/mol. The first-order chi connectivity index (χ1) is 19.0. The maximum atomic E-state index is 13.7. The molecular formula is C32H37N3O4. The standard InChI is InChI=1S/C32H37N3O4/c1-23-22-29(24(2)31(36)33-26-8-4-3-5-9-26)28-10-6-7-11-30(28)35(23)32(37)25-12-14-27(15-13-25)39-21-18-34-16-19-38-20-17-34/h3-15,23-24,29H,16-22H2,1-2H3,(H,33,36). The van der Waals surface area contributed by atoms with Crippen LogP contribution in [0.15, 0.2) is 78.9 Å². The number of hydrogen-bond acceptors (Lipinski definition) is 5. The van der Waals surface area contributed by atoms with Gasteiger partial charge in [-0.2, -0.15) is 0 Å². The fourth-order valence-corrected chi connectivity index (χ4v) is 5.55. The summed E-state index contributed by atoms with van der Waals surface area (Å²) in [6.07, 6.45) is 0.703. The summed E-state index contributed by atoms with van der Waals surface area (Å²) in [6, 6.07) is 24.8. The lowest BCUT2D eigenvalue weighted by Gasteiger charge is -2.41. The predicted molar refractivity (Wildman–Crippen MR) is 154 cm³/mol. The van der Waals surface area contributed by atoms with Crippen LogP contribution in [0.4, 0.5) is 11.4 Å². The summed E-state index contributed by atoms with van der Waals surface area (Å²) in [6.45, 7) is 8.90. The Balaban J connectivity index is 1.27. The van der Waals surface area contributed by atoms with E-state index in [1.807, 2.05) is 90.7 Å². The molecule has 0 radical (unpaired) electrons. The summed E-state index contributed by atoms with van der Waals surface area (Å²) in [4.78, 5) is 31.1. The van der Waals surface area contributed by atoms with Crippen molar-refractivity contribution >= 4 is 23.2 Å². The minimum absolute atomic E-state index is 0.00575. The van der Waals surface area contributed by atoms with Crippen molar-refractivity contribution in [3.8, 4) is 5.75 Å². The van der Waals surface area contributed by atoms with Gasteiger partial charge < -0.3 is 19.7 Å².